The number of piperazine rings is 1. The second-order valence-electron chi connectivity index (χ2n) is 6.04. The minimum Gasteiger partial charge on any atom is -0.490 e. The van der Waals surface area contributed by atoms with E-state index in [1.54, 1.807) is 4.90 Å². The fourth-order valence-corrected chi connectivity index (χ4v) is 2.73. The monoisotopic (exact) mass is 342 g/mol. The fourth-order valence-electron chi connectivity index (χ4n) is 2.73. The predicted molar refractivity (Wildman–Crippen MR) is 87.4 cm³/mol. The minimum absolute atomic E-state index is 0.00857. The summed E-state index contributed by atoms with van der Waals surface area (Å²) in [6.45, 7) is 8.30. The number of rotatable bonds is 6. The van der Waals surface area contributed by atoms with Crippen LogP contribution in [-0.4, -0.2) is 56.3 Å². The van der Waals surface area contributed by atoms with Gasteiger partial charge in [-0.25, -0.2) is 8.78 Å². The SMILES string of the molecule is CC(=O)OCCOc1cc(F)c(N2CCN(C(C)C)CC2)c(F)c1. The summed E-state index contributed by atoms with van der Waals surface area (Å²) in [6.07, 6.45) is 0. The average Bonchev–Trinajstić information content (AvgIpc) is 2.51. The van der Waals surface area contributed by atoms with Gasteiger partial charge in [0.15, 0.2) is 11.6 Å². The maximum Gasteiger partial charge on any atom is 0.302 e. The van der Waals surface area contributed by atoms with E-state index in [4.69, 9.17) is 9.47 Å². The summed E-state index contributed by atoms with van der Waals surface area (Å²) >= 11 is 0. The second-order valence-corrected chi connectivity index (χ2v) is 6.04. The number of hydrogen-bond acceptors (Lipinski definition) is 5. The lowest BCUT2D eigenvalue weighted by Crippen LogP contribution is -2.49. The standard InChI is InChI=1S/C17H24F2N2O3/c1-12(2)20-4-6-21(7-5-20)17-15(18)10-14(11-16(17)19)24-9-8-23-13(3)22/h10-12H,4-9H2,1-3H3. The number of halogens is 2. The maximum absolute atomic E-state index is 14.3. The number of anilines is 1. The van der Waals surface area contributed by atoms with Crippen LogP contribution in [0.1, 0.15) is 20.8 Å². The summed E-state index contributed by atoms with van der Waals surface area (Å²) in [5.74, 6) is -1.63. The molecule has 0 saturated carbocycles. The molecule has 1 aromatic carbocycles. The Balaban J connectivity index is 1.98. The molecule has 7 heteroatoms. The smallest absolute Gasteiger partial charge is 0.302 e. The summed E-state index contributed by atoms with van der Waals surface area (Å²) in [7, 11) is 0. The average molecular weight is 342 g/mol. The van der Waals surface area contributed by atoms with E-state index in [1.165, 1.54) is 19.1 Å². The van der Waals surface area contributed by atoms with Gasteiger partial charge in [0.2, 0.25) is 0 Å². The highest BCUT2D eigenvalue weighted by molar-refractivity contribution is 5.65. The van der Waals surface area contributed by atoms with Crippen molar-refractivity contribution in [2.75, 3.05) is 44.3 Å². The first kappa shape index (κ1) is 18.4. The third kappa shape index (κ3) is 4.80. The van der Waals surface area contributed by atoms with Crippen molar-refractivity contribution in [2.24, 2.45) is 0 Å². The van der Waals surface area contributed by atoms with Crippen LogP contribution in [0.3, 0.4) is 0 Å². The lowest BCUT2D eigenvalue weighted by Gasteiger charge is -2.38. The molecule has 5 nitrogen and oxygen atoms in total. The van der Waals surface area contributed by atoms with Crippen LogP contribution in [0.15, 0.2) is 12.1 Å². The first-order valence-electron chi connectivity index (χ1n) is 8.12. The molecule has 1 fully saturated rings. The molecule has 0 atom stereocenters. The summed E-state index contributed by atoms with van der Waals surface area (Å²) in [6, 6.07) is 2.76. The molecule has 0 bridgehead atoms. The Hall–Kier alpha value is -1.89. The van der Waals surface area contributed by atoms with E-state index < -0.39 is 17.6 Å². The van der Waals surface area contributed by atoms with Crippen LogP contribution in [0.25, 0.3) is 0 Å². The summed E-state index contributed by atoms with van der Waals surface area (Å²) in [4.78, 5) is 14.6. The van der Waals surface area contributed by atoms with E-state index in [1.807, 2.05) is 0 Å². The van der Waals surface area contributed by atoms with Gasteiger partial charge in [-0.2, -0.15) is 0 Å². The summed E-state index contributed by atoms with van der Waals surface area (Å²) in [5, 5.41) is 0. The first-order valence-corrected chi connectivity index (χ1v) is 8.12. The highest BCUT2D eigenvalue weighted by atomic mass is 19.1. The Labute approximate surface area is 141 Å². The van der Waals surface area contributed by atoms with Gasteiger partial charge in [-0.15, -0.1) is 0 Å². The summed E-state index contributed by atoms with van der Waals surface area (Å²) < 4.78 is 38.6. The molecule has 2 rings (SSSR count). The van der Waals surface area contributed by atoms with Crippen molar-refractivity contribution in [3.63, 3.8) is 0 Å². The zero-order valence-corrected chi connectivity index (χ0v) is 14.3. The van der Waals surface area contributed by atoms with Gasteiger partial charge in [0, 0.05) is 51.3 Å². The van der Waals surface area contributed by atoms with Crippen LogP contribution in [0.2, 0.25) is 0 Å². The molecule has 0 aliphatic carbocycles. The van der Waals surface area contributed by atoms with Gasteiger partial charge in [0.05, 0.1) is 0 Å². The Morgan fingerprint density at radius 2 is 1.71 bits per heavy atom. The number of benzene rings is 1. The highest BCUT2D eigenvalue weighted by Gasteiger charge is 2.24. The molecule has 0 radical (unpaired) electrons. The molecular formula is C17H24F2N2O3. The Bertz CT molecular complexity index is 550. The van der Waals surface area contributed by atoms with E-state index in [2.05, 4.69) is 18.7 Å². The zero-order valence-electron chi connectivity index (χ0n) is 14.3. The van der Waals surface area contributed by atoms with Crippen molar-refractivity contribution in [2.45, 2.75) is 26.8 Å². The van der Waals surface area contributed by atoms with Crippen LogP contribution < -0.4 is 9.64 Å². The van der Waals surface area contributed by atoms with Crippen molar-refractivity contribution in [3.8, 4) is 5.75 Å². The molecule has 1 aliphatic heterocycles. The largest absolute Gasteiger partial charge is 0.490 e. The van der Waals surface area contributed by atoms with Crippen molar-refractivity contribution in [3.05, 3.63) is 23.8 Å². The van der Waals surface area contributed by atoms with Gasteiger partial charge >= 0.3 is 5.97 Å². The van der Waals surface area contributed by atoms with Gasteiger partial charge in [0.25, 0.3) is 0 Å². The van der Waals surface area contributed by atoms with Gasteiger partial charge < -0.3 is 14.4 Å². The number of ether oxygens (including phenoxy) is 2. The van der Waals surface area contributed by atoms with Gasteiger partial charge in [0.1, 0.15) is 24.7 Å². The lowest BCUT2D eigenvalue weighted by molar-refractivity contribution is -0.141. The molecule has 134 valence electrons. The topological polar surface area (TPSA) is 42.0 Å². The van der Waals surface area contributed by atoms with Gasteiger partial charge in [-0.3, -0.25) is 9.69 Å². The van der Waals surface area contributed by atoms with Crippen LogP contribution in [0.4, 0.5) is 14.5 Å². The number of carbonyl (C=O) groups excluding carboxylic acids is 1. The van der Waals surface area contributed by atoms with Crippen LogP contribution in [0, 0.1) is 11.6 Å². The maximum atomic E-state index is 14.3. The van der Waals surface area contributed by atoms with Crippen LogP contribution >= 0.6 is 0 Å². The molecule has 24 heavy (non-hydrogen) atoms. The Morgan fingerprint density at radius 3 is 2.21 bits per heavy atom. The predicted octanol–water partition coefficient (Wildman–Crippen LogP) is 2.44. The number of hydrogen-bond donors (Lipinski definition) is 0. The summed E-state index contributed by atoms with van der Waals surface area (Å²) in [5.41, 5.74) is -0.00857. The fraction of sp³-hybridized carbons (Fsp3) is 0.588. The Morgan fingerprint density at radius 1 is 1.12 bits per heavy atom. The molecular weight excluding hydrogens is 318 g/mol. The van der Waals surface area contributed by atoms with Crippen LogP contribution in [-0.2, 0) is 9.53 Å². The molecule has 1 heterocycles. The Kier molecular flexibility index (Phi) is 6.36. The molecule has 0 spiro atoms. The normalized spacial score (nSPS) is 15.7. The molecule has 1 aromatic rings. The highest BCUT2D eigenvalue weighted by Crippen LogP contribution is 2.29. The molecule has 0 unspecified atom stereocenters. The number of esters is 1. The van der Waals surface area contributed by atoms with Crippen molar-refractivity contribution < 1.29 is 23.0 Å². The molecule has 1 saturated heterocycles. The number of carbonyl (C=O) groups is 1. The van der Waals surface area contributed by atoms with Gasteiger partial charge in [-0.05, 0) is 13.8 Å². The van der Waals surface area contributed by atoms with E-state index in [9.17, 15) is 13.6 Å². The third-order valence-corrected chi connectivity index (χ3v) is 4.01. The third-order valence-electron chi connectivity index (χ3n) is 4.01. The molecule has 0 aromatic heterocycles. The van der Waals surface area contributed by atoms with E-state index >= 15 is 0 Å². The van der Waals surface area contributed by atoms with Crippen molar-refractivity contribution in [1.29, 1.82) is 0 Å². The van der Waals surface area contributed by atoms with Crippen LogP contribution in [0.5, 0.6) is 5.75 Å². The molecule has 0 N–H and O–H groups in total. The second kappa shape index (κ2) is 8.28. The molecule has 0 amide bonds. The van der Waals surface area contributed by atoms with E-state index in [0.29, 0.717) is 19.1 Å². The quantitative estimate of drug-likeness (QED) is 0.587. The number of nitrogens with zero attached hydrogens (tertiary/aromatic N) is 2. The van der Waals surface area contributed by atoms with E-state index in [-0.39, 0.29) is 24.7 Å². The molecule has 1 aliphatic rings. The van der Waals surface area contributed by atoms with Crippen molar-refractivity contribution >= 4 is 11.7 Å². The van der Waals surface area contributed by atoms with Crippen molar-refractivity contribution in [1.82, 2.24) is 4.90 Å². The van der Waals surface area contributed by atoms with Gasteiger partial charge in [-0.1, -0.05) is 0 Å². The van der Waals surface area contributed by atoms with E-state index in [0.717, 1.165) is 13.1 Å². The minimum atomic E-state index is -0.643. The first-order chi connectivity index (χ1) is 11.4. The lowest BCUT2D eigenvalue weighted by atomic mass is 10.2. The zero-order chi connectivity index (χ0) is 17.7.